The van der Waals surface area contributed by atoms with Gasteiger partial charge in [0.25, 0.3) is 0 Å². The Kier molecular flexibility index (Phi) is 9.63. The topological polar surface area (TPSA) is 67.1 Å². The monoisotopic (exact) mass is 566 g/mol. The number of halogens is 1. The summed E-state index contributed by atoms with van der Waals surface area (Å²) in [5.41, 5.74) is 3.61. The van der Waals surface area contributed by atoms with Crippen LogP contribution in [0.15, 0.2) is 96.4 Å². The molecule has 4 aromatic rings. The first-order valence-corrected chi connectivity index (χ1v) is 11.3. The molecular weight excluding hydrogens is 535 g/mol. The van der Waals surface area contributed by atoms with Crippen LogP contribution in [0.3, 0.4) is 0 Å². The number of nitrogens with one attached hydrogen (secondary N) is 2. The zero-order valence-corrected chi connectivity index (χ0v) is 21.9. The molecule has 34 heavy (non-hydrogen) atoms. The lowest BCUT2D eigenvalue weighted by Gasteiger charge is -2.20. The lowest BCUT2D eigenvalue weighted by molar-refractivity contribution is 0.729. The van der Waals surface area contributed by atoms with Crippen LogP contribution >= 0.6 is 24.0 Å². The summed E-state index contributed by atoms with van der Waals surface area (Å²) in [6.45, 7) is 6.13. The molecule has 2 aromatic heterocycles. The van der Waals surface area contributed by atoms with Crippen molar-refractivity contribution in [1.82, 2.24) is 25.2 Å². The van der Waals surface area contributed by atoms with E-state index in [0.29, 0.717) is 6.54 Å². The number of pyridine rings is 1. The number of aromatic nitrogens is 3. The Morgan fingerprint density at radius 1 is 0.912 bits per heavy atom. The zero-order chi connectivity index (χ0) is 22.9. The van der Waals surface area contributed by atoms with Crippen molar-refractivity contribution >= 4 is 29.9 Å². The Morgan fingerprint density at radius 2 is 1.59 bits per heavy atom. The Balaban J connectivity index is 0.00000324. The van der Waals surface area contributed by atoms with Crippen molar-refractivity contribution in [3.8, 4) is 5.82 Å². The van der Waals surface area contributed by atoms with Crippen molar-refractivity contribution in [2.75, 3.05) is 13.1 Å². The van der Waals surface area contributed by atoms with Gasteiger partial charge in [-0.1, -0.05) is 66.7 Å². The number of hydrogen-bond donors (Lipinski definition) is 2. The van der Waals surface area contributed by atoms with Crippen LogP contribution in [-0.2, 0) is 6.54 Å². The normalized spacial score (nSPS) is 11.2. The number of hydrogen-bond acceptors (Lipinski definition) is 3. The Bertz CT molecular complexity index is 1120. The highest BCUT2D eigenvalue weighted by Crippen LogP contribution is 2.23. The average molecular weight is 566 g/mol. The van der Waals surface area contributed by atoms with Crippen LogP contribution in [0.1, 0.15) is 35.4 Å². The molecule has 176 valence electrons. The van der Waals surface area contributed by atoms with Gasteiger partial charge in [-0.3, -0.25) is 4.57 Å². The van der Waals surface area contributed by atoms with Gasteiger partial charge in [0.2, 0.25) is 0 Å². The minimum absolute atomic E-state index is 0. The van der Waals surface area contributed by atoms with Crippen LogP contribution in [0.2, 0.25) is 0 Å². The molecule has 0 amide bonds. The second-order valence-corrected chi connectivity index (χ2v) is 7.82. The summed E-state index contributed by atoms with van der Waals surface area (Å²) in [7, 11) is 0. The highest BCUT2D eigenvalue weighted by Gasteiger charge is 2.14. The summed E-state index contributed by atoms with van der Waals surface area (Å²) in [4.78, 5) is 13.6. The van der Waals surface area contributed by atoms with Gasteiger partial charge in [-0.05, 0) is 36.6 Å². The number of nitrogens with zero attached hydrogens (tertiary/aromatic N) is 4. The van der Waals surface area contributed by atoms with E-state index in [4.69, 9.17) is 4.99 Å². The van der Waals surface area contributed by atoms with E-state index in [1.165, 1.54) is 11.1 Å². The molecule has 2 heterocycles. The van der Waals surface area contributed by atoms with E-state index < -0.39 is 0 Å². The number of aliphatic imine (C=N–C) groups is 1. The predicted molar refractivity (Wildman–Crippen MR) is 149 cm³/mol. The molecule has 2 N–H and O–H groups in total. The van der Waals surface area contributed by atoms with E-state index in [2.05, 4.69) is 94.3 Å². The molecule has 6 nitrogen and oxygen atoms in total. The molecule has 0 aliphatic carbocycles. The minimum Gasteiger partial charge on any atom is -0.357 e. The second kappa shape index (κ2) is 12.9. The van der Waals surface area contributed by atoms with E-state index in [-0.39, 0.29) is 29.9 Å². The number of benzene rings is 2. The smallest absolute Gasteiger partial charge is 0.191 e. The molecule has 0 bridgehead atoms. The molecule has 4 rings (SSSR count). The number of imidazole rings is 1. The van der Waals surface area contributed by atoms with Gasteiger partial charge in [-0.25, -0.2) is 15.0 Å². The maximum absolute atomic E-state index is 4.79. The second-order valence-electron chi connectivity index (χ2n) is 7.82. The van der Waals surface area contributed by atoms with E-state index in [0.717, 1.165) is 36.3 Å². The lowest BCUT2D eigenvalue weighted by Crippen LogP contribution is -2.39. The van der Waals surface area contributed by atoms with Crippen LogP contribution in [0.5, 0.6) is 0 Å². The van der Waals surface area contributed by atoms with Gasteiger partial charge in [-0.2, -0.15) is 0 Å². The fourth-order valence-corrected chi connectivity index (χ4v) is 3.78. The lowest BCUT2D eigenvalue weighted by atomic mass is 9.91. The van der Waals surface area contributed by atoms with Gasteiger partial charge >= 0.3 is 0 Å². The van der Waals surface area contributed by atoms with Gasteiger partial charge < -0.3 is 10.6 Å². The largest absolute Gasteiger partial charge is 0.357 e. The van der Waals surface area contributed by atoms with Crippen molar-refractivity contribution < 1.29 is 0 Å². The molecule has 0 spiro atoms. The summed E-state index contributed by atoms with van der Waals surface area (Å²) >= 11 is 0. The molecule has 0 radical (unpaired) electrons. The molecule has 0 aliphatic rings. The quantitative estimate of drug-likeness (QED) is 0.177. The molecule has 7 heteroatoms. The first kappa shape index (κ1) is 25.4. The molecule has 0 aliphatic heterocycles. The van der Waals surface area contributed by atoms with Gasteiger partial charge in [0.1, 0.15) is 11.6 Å². The van der Waals surface area contributed by atoms with Crippen molar-refractivity contribution in [3.05, 3.63) is 114 Å². The number of guanidine groups is 1. The molecule has 0 atom stereocenters. The van der Waals surface area contributed by atoms with Crippen molar-refractivity contribution in [3.63, 3.8) is 0 Å². The predicted octanol–water partition coefficient (Wildman–Crippen LogP) is 5.08. The zero-order valence-electron chi connectivity index (χ0n) is 19.6. The van der Waals surface area contributed by atoms with Crippen molar-refractivity contribution in [1.29, 1.82) is 0 Å². The van der Waals surface area contributed by atoms with Gasteiger partial charge in [-0.15, -0.1) is 24.0 Å². The third kappa shape index (κ3) is 6.66. The third-order valence-electron chi connectivity index (χ3n) is 5.52. The van der Waals surface area contributed by atoms with Gasteiger partial charge in [0, 0.05) is 37.6 Å². The first-order valence-electron chi connectivity index (χ1n) is 11.3. The summed E-state index contributed by atoms with van der Waals surface area (Å²) in [5, 5.41) is 6.89. The van der Waals surface area contributed by atoms with Crippen LogP contribution in [0, 0.1) is 6.92 Å². The van der Waals surface area contributed by atoms with Crippen LogP contribution in [0.4, 0.5) is 0 Å². The van der Waals surface area contributed by atoms with Gasteiger partial charge in [0.05, 0.1) is 6.54 Å². The Hall–Kier alpha value is -3.20. The highest BCUT2D eigenvalue weighted by atomic mass is 127. The molecular formula is C27H31IN6. The maximum atomic E-state index is 4.79. The third-order valence-corrected chi connectivity index (χ3v) is 5.52. The molecule has 2 aromatic carbocycles. The molecule has 0 saturated heterocycles. The highest BCUT2D eigenvalue weighted by molar-refractivity contribution is 14.0. The minimum atomic E-state index is 0. The maximum Gasteiger partial charge on any atom is 0.191 e. The van der Waals surface area contributed by atoms with Crippen LogP contribution in [0.25, 0.3) is 5.82 Å². The Labute approximate surface area is 218 Å². The SMILES string of the molecule is CCNC(=NCc1ccc(-n2ccnc2C)nc1)NCC(c1ccccc1)c1ccccc1.I. The summed E-state index contributed by atoms with van der Waals surface area (Å²) in [6.07, 6.45) is 5.57. The van der Waals surface area contributed by atoms with E-state index in [1.54, 1.807) is 6.20 Å². The van der Waals surface area contributed by atoms with Crippen molar-refractivity contribution in [2.24, 2.45) is 4.99 Å². The number of aryl methyl sites for hydroxylation is 1. The average Bonchev–Trinajstić information content (AvgIpc) is 3.30. The fourth-order valence-electron chi connectivity index (χ4n) is 3.78. The molecule has 0 saturated carbocycles. The molecule has 0 unspecified atom stereocenters. The molecule has 0 fully saturated rings. The summed E-state index contributed by atoms with van der Waals surface area (Å²) < 4.78 is 1.96. The van der Waals surface area contributed by atoms with E-state index in [9.17, 15) is 0 Å². The Morgan fingerprint density at radius 3 is 2.12 bits per heavy atom. The number of rotatable bonds is 8. The van der Waals surface area contributed by atoms with Crippen LogP contribution in [-0.4, -0.2) is 33.6 Å². The fraction of sp³-hybridized carbons (Fsp3) is 0.222. The standard InChI is InChI=1S/C27H30N6.HI/c1-3-28-27(31-19-22-14-15-26(30-18-22)33-17-16-29-21(33)2)32-20-25(23-10-6-4-7-11-23)24-12-8-5-9-13-24;/h4-18,25H,3,19-20H2,1-2H3,(H2,28,31,32);1H. The summed E-state index contributed by atoms with van der Waals surface area (Å²) in [5.74, 6) is 2.80. The first-order chi connectivity index (χ1) is 16.2. The van der Waals surface area contributed by atoms with E-state index >= 15 is 0 Å². The summed E-state index contributed by atoms with van der Waals surface area (Å²) in [6, 6.07) is 25.2. The van der Waals surface area contributed by atoms with E-state index in [1.807, 2.05) is 30.0 Å². The van der Waals surface area contributed by atoms with Gasteiger partial charge in [0.15, 0.2) is 5.96 Å². The van der Waals surface area contributed by atoms with Crippen molar-refractivity contribution in [2.45, 2.75) is 26.3 Å². The van der Waals surface area contributed by atoms with Crippen LogP contribution < -0.4 is 10.6 Å².